The fourth-order valence-corrected chi connectivity index (χ4v) is 4.72. The van der Waals surface area contributed by atoms with E-state index >= 15 is 0 Å². The smallest absolute Gasteiger partial charge is 0.323 e. The number of urea groups is 1. The number of fused-ring (bicyclic) bond motifs is 1. The predicted molar refractivity (Wildman–Crippen MR) is 164 cm³/mol. The number of aromatic nitrogens is 4. The summed E-state index contributed by atoms with van der Waals surface area (Å²) >= 11 is 0. The number of anilines is 2. The molecule has 0 bridgehead atoms. The summed E-state index contributed by atoms with van der Waals surface area (Å²) in [5.74, 6) is 1.00. The first kappa shape index (κ1) is 27.3. The number of nitrogens with one attached hydrogen (secondary N) is 3. The number of nitrogens with zero attached hydrogens (tertiary/aromatic N) is 3. The third-order valence-corrected chi connectivity index (χ3v) is 6.79. The van der Waals surface area contributed by atoms with Crippen molar-refractivity contribution >= 4 is 28.6 Å². The van der Waals surface area contributed by atoms with Crippen molar-refractivity contribution in [2.45, 2.75) is 26.7 Å². The number of H-pyrrole nitrogens is 1. The summed E-state index contributed by atoms with van der Waals surface area (Å²) in [6.07, 6.45) is 7.94. The molecular weight excluding hydrogens is 512 g/mol. The van der Waals surface area contributed by atoms with Gasteiger partial charge in [0.15, 0.2) is 5.82 Å². The summed E-state index contributed by atoms with van der Waals surface area (Å²) in [6.45, 7) is 10.8. The van der Waals surface area contributed by atoms with Gasteiger partial charge in [-0.1, -0.05) is 78.9 Å². The molecule has 0 aliphatic carbocycles. The van der Waals surface area contributed by atoms with Crippen LogP contribution >= 0.6 is 0 Å². The number of rotatable bonds is 7. The van der Waals surface area contributed by atoms with Crippen molar-refractivity contribution < 1.29 is 9.53 Å². The van der Waals surface area contributed by atoms with Crippen LogP contribution in [0, 0.1) is 6.92 Å². The maximum absolute atomic E-state index is 13.2. The van der Waals surface area contributed by atoms with Gasteiger partial charge in [-0.05, 0) is 77.7 Å². The number of aryl methyl sites for hydroxylation is 1. The quantitative estimate of drug-likeness (QED) is 0.167. The van der Waals surface area contributed by atoms with Crippen LogP contribution in [0.1, 0.15) is 47.8 Å². The Morgan fingerprint density at radius 2 is 1.85 bits per heavy atom. The molecule has 1 aromatic heterocycles. The van der Waals surface area contributed by atoms with Crippen molar-refractivity contribution in [1.82, 2.24) is 20.6 Å². The van der Waals surface area contributed by atoms with Gasteiger partial charge in [0.1, 0.15) is 12.4 Å². The minimum atomic E-state index is -0.378. The number of allylic oxidation sites excluding steroid dienone is 6. The second-order valence-electron chi connectivity index (χ2n) is 9.91. The molecule has 0 radical (unpaired) electrons. The summed E-state index contributed by atoms with van der Waals surface area (Å²) < 4.78 is 6.34. The molecule has 8 nitrogen and oxygen atoms in total. The van der Waals surface area contributed by atoms with Crippen LogP contribution in [0.3, 0.4) is 0 Å². The van der Waals surface area contributed by atoms with Gasteiger partial charge in [0.2, 0.25) is 0 Å². The van der Waals surface area contributed by atoms with E-state index in [9.17, 15) is 4.79 Å². The second kappa shape index (κ2) is 12.3. The molecule has 0 saturated carbocycles. The van der Waals surface area contributed by atoms with Gasteiger partial charge in [-0.2, -0.15) is 0 Å². The summed E-state index contributed by atoms with van der Waals surface area (Å²) in [4.78, 5) is 13.2. The first-order valence-corrected chi connectivity index (χ1v) is 13.4. The van der Waals surface area contributed by atoms with Crippen LogP contribution in [-0.2, 0) is 0 Å². The SMILES string of the molecule is C=C(/C(=C\C=C/C)c1nnn[nH]1)c1cc(NC(=O)Nc2ccc(C)cc2)c2c(c1)C(c1ccccc1)C=C(C)CO2. The molecule has 1 aliphatic heterocycles. The van der Waals surface area contributed by atoms with E-state index in [2.05, 4.69) is 62.1 Å². The molecule has 5 rings (SSSR count). The van der Waals surface area contributed by atoms with Crippen LogP contribution < -0.4 is 15.4 Å². The highest BCUT2D eigenvalue weighted by Crippen LogP contribution is 2.44. The zero-order valence-corrected chi connectivity index (χ0v) is 23.3. The first-order chi connectivity index (χ1) is 19.9. The third-order valence-electron chi connectivity index (χ3n) is 6.79. The Morgan fingerprint density at radius 3 is 2.56 bits per heavy atom. The Hall–Kier alpha value is -5.24. The molecule has 0 spiro atoms. The summed E-state index contributed by atoms with van der Waals surface area (Å²) in [6, 6.07) is 21.4. The number of carbonyl (C=O) groups excluding carboxylic acids is 1. The molecule has 206 valence electrons. The van der Waals surface area contributed by atoms with E-state index in [0.29, 0.717) is 35.1 Å². The Kier molecular flexibility index (Phi) is 8.20. The van der Waals surface area contributed by atoms with Crippen molar-refractivity contribution in [3.63, 3.8) is 0 Å². The van der Waals surface area contributed by atoms with Crippen molar-refractivity contribution in [2.24, 2.45) is 0 Å². The van der Waals surface area contributed by atoms with E-state index < -0.39 is 0 Å². The lowest BCUT2D eigenvalue weighted by Gasteiger charge is -2.22. The van der Waals surface area contributed by atoms with Gasteiger partial charge in [-0.3, -0.25) is 0 Å². The Balaban J connectivity index is 1.62. The Morgan fingerprint density at radius 1 is 1.07 bits per heavy atom. The topological polar surface area (TPSA) is 105 Å². The van der Waals surface area contributed by atoms with Gasteiger partial charge >= 0.3 is 6.03 Å². The molecule has 0 saturated heterocycles. The second-order valence-corrected chi connectivity index (χ2v) is 9.91. The minimum absolute atomic E-state index is 0.0999. The molecule has 2 amide bonds. The van der Waals surface area contributed by atoms with E-state index in [1.54, 1.807) is 0 Å². The van der Waals surface area contributed by atoms with Crippen LogP contribution in [0.5, 0.6) is 5.75 Å². The Labute approximate surface area is 239 Å². The number of hydrogen-bond acceptors (Lipinski definition) is 5. The molecule has 0 fully saturated rings. The lowest BCUT2D eigenvalue weighted by atomic mass is 9.86. The first-order valence-electron chi connectivity index (χ1n) is 13.4. The van der Waals surface area contributed by atoms with Gasteiger partial charge in [0.05, 0.1) is 5.69 Å². The van der Waals surface area contributed by atoms with Gasteiger partial charge in [0.25, 0.3) is 0 Å². The molecule has 3 aromatic carbocycles. The maximum atomic E-state index is 13.2. The van der Waals surface area contributed by atoms with Crippen LogP contribution in [0.15, 0.2) is 103 Å². The lowest BCUT2D eigenvalue weighted by Crippen LogP contribution is -2.20. The van der Waals surface area contributed by atoms with Crippen molar-refractivity contribution in [1.29, 1.82) is 0 Å². The van der Waals surface area contributed by atoms with E-state index in [1.807, 2.05) is 87.5 Å². The molecule has 8 heteroatoms. The average Bonchev–Trinajstić information content (AvgIpc) is 3.45. The highest BCUT2D eigenvalue weighted by molar-refractivity contribution is 6.05. The molecule has 1 aliphatic rings. The highest BCUT2D eigenvalue weighted by Gasteiger charge is 2.26. The third kappa shape index (κ3) is 6.33. The van der Waals surface area contributed by atoms with Crippen molar-refractivity contribution in [2.75, 3.05) is 17.2 Å². The van der Waals surface area contributed by atoms with E-state index in [-0.39, 0.29) is 11.9 Å². The Bertz CT molecular complexity index is 1640. The maximum Gasteiger partial charge on any atom is 0.323 e. The monoisotopic (exact) mass is 544 g/mol. The number of amides is 2. The van der Waals surface area contributed by atoms with Crippen LogP contribution in [0.4, 0.5) is 16.2 Å². The molecule has 2 heterocycles. The number of ether oxygens (including phenoxy) is 1. The lowest BCUT2D eigenvalue weighted by molar-refractivity contribution is 0.262. The van der Waals surface area contributed by atoms with Crippen LogP contribution in [-0.4, -0.2) is 33.3 Å². The minimum Gasteiger partial charge on any atom is -0.487 e. The zero-order valence-electron chi connectivity index (χ0n) is 23.3. The van der Waals surface area contributed by atoms with Crippen LogP contribution in [0.2, 0.25) is 0 Å². The van der Waals surface area contributed by atoms with Gasteiger partial charge in [0, 0.05) is 22.7 Å². The molecule has 41 heavy (non-hydrogen) atoms. The van der Waals surface area contributed by atoms with Gasteiger partial charge in [-0.25, -0.2) is 9.89 Å². The van der Waals surface area contributed by atoms with E-state index in [0.717, 1.165) is 33.4 Å². The number of aromatic amines is 1. The van der Waals surface area contributed by atoms with Gasteiger partial charge < -0.3 is 15.4 Å². The normalized spacial score (nSPS) is 15.0. The fourth-order valence-electron chi connectivity index (χ4n) is 4.72. The number of benzene rings is 3. The largest absolute Gasteiger partial charge is 0.487 e. The molecule has 1 atom stereocenters. The van der Waals surface area contributed by atoms with Crippen LogP contribution in [0.25, 0.3) is 11.1 Å². The van der Waals surface area contributed by atoms with E-state index in [4.69, 9.17) is 4.74 Å². The predicted octanol–water partition coefficient (Wildman–Crippen LogP) is 7.30. The molecule has 3 N–H and O–H groups in total. The van der Waals surface area contributed by atoms with E-state index in [1.165, 1.54) is 0 Å². The summed E-state index contributed by atoms with van der Waals surface area (Å²) in [5.41, 5.74) is 7.65. The average molecular weight is 545 g/mol. The van der Waals surface area contributed by atoms with Crippen molar-refractivity contribution in [3.05, 3.63) is 131 Å². The standard InChI is InChI=1S/C33H32N6O2/c1-5-6-12-27(32-36-38-39-37-32)23(4)25-18-29-28(24-10-8-7-9-11-24)17-22(3)20-41-31(29)30(19-25)35-33(40)34-26-15-13-21(2)14-16-26/h5-19,28H,4,20H2,1-3H3,(H2,34,35,40)(H,36,37,38,39)/b6-5-,27-12+. The van der Waals surface area contributed by atoms with Gasteiger partial charge in [-0.15, -0.1) is 5.10 Å². The molecule has 1 unspecified atom stereocenters. The number of carbonyl (C=O) groups is 1. The summed E-state index contributed by atoms with van der Waals surface area (Å²) in [5, 5.41) is 20.4. The fraction of sp³-hybridized carbons (Fsp3) is 0.152. The number of tetrazole rings is 1. The zero-order chi connectivity index (χ0) is 28.8. The molecular formula is C33H32N6O2. The summed E-state index contributed by atoms with van der Waals surface area (Å²) in [7, 11) is 0. The molecule has 4 aromatic rings. The highest BCUT2D eigenvalue weighted by atomic mass is 16.5. The number of hydrogen-bond donors (Lipinski definition) is 3. The van der Waals surface area contributed by atoms with Crippen molar-refractivity contribution in [3.8, 4) is 5.75 Å².